The average molecular weight is 564 g/mol. The van der Waals surface area contributed by atoms with Crippen molar-refractivity contribution in [3.05, 3.63) is 106 Å². The second-order valence-electron chi connectivity index (χ2n) is 8.54. The lowest BCUT2D eigenvalue weighted by molar-refractivity contribution is -0.118. The first-order valence-corrected chi connectivity index (χ1v) is 14.2. The molecule has 1 aliphatic heterocycles. The van der Waals surface area contributed by atoms with Crippen LogP contribution in [0.4, 0.5) is 5.69 Å². The number of carbonyl (C=O) groups is 2. The lowest BCUT2D eigenvalue weighted by atomic mass is 9.85. The van der Waals surface area contributed by atoms with Gasteiger partial charge in [0.1, 0.15) is 5.76 Å². The Labute approximate surface area is 230 Å². The van der Waals surface area contributed by atoms with E-state index >= 15 is 0 Å². The highest BCUT2D eigenvalue weighted by molar-refractivity contribution is 8.03. The van der Waals surface area contributed by atoms with Gasteiger partial charge in [-0.25, -0.2) is 13.6 Å². The van der Waals surface area contributed by atoms with E-state index in [4.69, 9.17) is 9.56 Å². The molecular formula is C27H25N5O5S2. The highest BCUT2D eigenvalue weighted by atomic mass is 32.2. The predicted octanol–water partition coefficient (Wildman–Crippen LogP) is 3.31. The van der Waals surface area contributed by atoms with Crippen LogP contribution in [0, 0.1) is 11.3 Å². The van der Waals surface area contributed by atoms with Crippen molar-refractivity contribution < 1.29 is 22.4 Å². The van der Waals surface area contributed by atoms with Crippen molar-refractivity contribution in [1.82, 2.24) is 10.6 Å². The number of nitrogens with one attached hydrogen (secondary N) is 3. The van der Waals surface area contributed by atoms with Crippen molar-refractivity contribution in [2.75, 3.05) is 11.1 Å². The molecule has 0 radical (unpaired) electrons. The van der Waals surface area contributed by atoms with Gasteiger partial charge < -0.3 is 20.4 Å². The third-order valence-electron chi connectivity index (χ3n) is 5.84. The van der Waals surface area contributed by atoms with Crippen molar-refractivity contribution in [3.8, 4) is 6.07 Å². The zero-order valence-electron chi connectivity index (χ0n) is 20.8. The fourth-order valence-corrected chi connectivity index (χ4v) is 5.42. The first-order chi connectivity index (χ1) is 18.7. The number of allylic oxidation sites excluding steroid dienone is 2. The Bertz CT molecular complexity index is 1570. The number of carbonyl (C=O) groups excluding carboxylic acids is 2. The molecule has 2 aromatic carbocycles. The molecule has 0 aliphatic carbocycles. The van der Waals surface area contributed by atoms with E-state index in [9.17, 15) is 23.3 Å². The van der Waals surface area contributed by atoms with Crippen LogP contribution in [-0.4, -0.2) is 26.0 Å². The van der Waals surface area contributed by atoms with E-state index in [1.54, 1.807) is 19.1 Å². The number of primary sulfonamides is 1. The van der Waals surface area contributed by atoms with Gasteiger partial charge in [-0.3, -0.25) is 9.59 Å². The molecule has 200 valence electrons. The van der Waals surface area contributed by atoms with Crippen molar-refractivity contribution in [2.24, 2.45) is 5.14 Å². The molecule has 0 spiro atoms. The standard InChI is InChI=1S/C27H25N5O5S2/c1-17-24(26(34)32-19-9-11-20(12-10-19)39(29,35)36)25(22-8-5-13-37-22)21(14-28)27(31-17)38-16-23(33)30-15-18-6-3-2-4-7-18/h2-13,25,31H,15-16H2,1H3,(H,30,33)(H,32,34)(H2,29,35,36). The number of nitrogens with two attached hydrogens (primary N) is 1. The third-order valence-corrected chi connectivity index (χ3v) is 7.79. The minimum atomic E-state index is -3.88. The van der Waals surface area contributed by atoms with E-state index < -0.39 is 21.8 Å². The van der Waals surface area contributed by atoms with Crippen LogP contribution in [0.1, 0.15) is 24.2 Å². The maximum absolute atomic E-state index is 13.4. The molecule has 4 rings (SSSR count). The number of nitriles is 1. The minimum absolute atomic E-state index is 0.0520. The van der Waals surface area contributed by atoms with E-state index in [-0.39, 0.29) is 27.7 Å². The van der Waals surface area contributed by atoms with Crippen LogP contribution in [0.15, 0.2) is 104 Å². The summed E-state index contributed by atoms with van der Waals surface area (Å²) in [5.41, 5.74) is 2.25. The van der Waals surface area contributed by atoms with Crippen LogP contribution in [0.2, 0.25) is 0 Å². The summed E-state index contributed by atoms with van der Waals surface area (Å²) in [6.07, 6.45) is 1.45. The number of hydrogen-bond acceptors (Lipinski definition) is 8. The Morgan fingerprint density at radius 2 is 1.82 bits per heavy atom. The van der Waals surface area contributed by atoms with Gasteiger partial charge in [-0.2, -0.15) is 5.26 Å². The number of benzene rings is 2. The quantitative estimate of drug-likeness (QED) is 0.308. The number of thioether (sulfide) groups is 1. The smallest absolute Gasteiger partial charge is 0.254 e. The maximum Gasteiger partial charge on any atom is 0.254 e. The zero-order chi connectivity index (χ0) is 28.0. The zero-order valence-corrected chi connectivity index (χ0v) is 22.4. The van der Waals surface area contributed by atoms with E-state index in [0.717, 1.165) is 17.3 Å². The minimum Gasteiger partial charge on any atom is -0.468 e. The summed E-state index contributed by atoms with van der Waals surface area (Å²) in [5, 5.41) is 24.4. The molecule has 5 N–H and O–H groups in total. The van der Waals surface area contributed by atoms with E-state index in [0.29, 0.717) is 28.7 Å². The van der Waals surface area contributed by atoms with Crippen molar-refractivity contribution in [1.29, 1.82) is 5.26 Å². The van der Waals surface area contributed by atoms with Gasteiger partial charge in [0.2, 0.25) is 15.9 Å². The lowest BCUT2D eigenvalue weighted by Crippen LogP contribution is -2.31. The van der Waals surface area contributed by atoms with Gasteiger partial charge in [0.15, 0.2) is 0 Å². The van der Waals surface area contributed by atoms with Crippen LogP contribution >= 0.6 is 11.8 Å². The van der Waals surface area contributed by atoms with Gasteiger partial charge in [-0.05, 0) is 48.9 Å². The fraction of sp³-hybridized carbons (Fsp3) is 0.148. The number of sulfonamides is 1. The molecule has 0 saturated heterocycles. The maximum atomic E-state index is 13.4. The Morgan fingerprint density at radius 3 is 2.44 bits per heavy atom. The van der Waals surface area contributed by atoms with Crippen molar-refractivity contribution >= 4 is 39.3 Å². The molecular weight excluding hydrogens is 538 g/mol. The topological polar surface area (TPSA) is 167 Å². The molecule has 2 heterocycles. The van der Waals surface area contributed by atoms with E-state index in [2.05, 4.69) is 22.0 Å². The molecule has 10 nitrogen and oxygen atoms in total. The van der Waals surface area contributed by atoms with E-state index in [1.165, 1.54) is 30.5 Å². The van der Waals surface area contributed by atoms with Crippen LogP contribution in [-0.2, 0) is 26.2 Å². The number of hydrogen-bond donors (Lipinski definition) is 4. The van der Waals surface area contributed by atoms with Crippen molar-refractivity contribution in [3.63, 3.8) is 0 Å². The summed E-state index contributed by atoms with van der Waals surface area (Å²) in [4.78, 5) is 25.8. The molecule has 3 aromatic rings. The summed E-state index contributed by atoms with van der Waals surface area (Å²) >= 11 is 1.16. The Balaban J connectivity index is 1.54. The first kappa shape index (κ1) is 27.7. The normalized spacial score (nSPS) is 15.4. The van der Waals surface area contributed by atoms with Crippen LogP contribution in [0.25, 0.3) is 0 Å². The number of rotatable bonds is 9. The molecule has 0 bridgehead atoms. The number of furan rings is 1. The van der Waals surface area contributed by atoms with Gasteiger partial charge in [0.25, 0.3) is 5.91 Å². The summed E-state index contributed by atoms with van der Waals surface area (Å²) in [6, 6.07) is 20.4. The van der Waals surface area contributed by atoms with Crippen molar-refractivity contribution in [2.45, 2.75) is 24.3 Å². The average Bonchev–Trinajstić information content (AvgIpc) is 3.45. The van der Waals surface area contributed by atoms with Gasteiger partial charge in [0.05, 0.1) is 45.1 Å². The fourth-order valence-electron chi connectivity index (χ4n) is 3.98. The summed E-state index contributed by atoms with van der Waals surface area (Å²) in [5.74, 6) is -1.12. The molecule has 0 fully saturated rings. The Kier molecular flexibility index (Phi) is 8.55. The number of nitrogens with zero attached hydrogens (tertiary/aromatic N) is 1. The molecule has 12 heteroatoms. The Hall–Kier alpha value is -4.31. The number of amides is 2. The monoisotopic (exact) mass is 563 g/mol. The molecule has 2 amide bonds. The lowest BCUT2D eigenvalue weighted by Gasteiger charge is -2.28. The predicted molar refractivity (Wildman–Crippen MR) is 147 cm³/mol. The van der Waals surface area contributed by atoms with E-state index in [1.807, 2.05) is 30.3 Å². The van der Waals surface area contributed by atoms with Gasteiger partial charge in [-0.1, -0.05) is 42.1 Å². The van der Waals surface area contributed by atoms with Gasteiger partial charge in [-0.15, -0.1) is 0 Å². The molecule has 1 aromatic heterocycles. The Morgan fingerprint density at radius 1 is 1.10 bits per heavy atom. The largest absolute Gasteiger partial charge is 0.468 e. The molecule has 1 atom stereocenters. The van der Waals surface area contributed by atoms with Crippen LogP contribution in [0.3, 0.4) is 0 Å². The molecule has 1 aliphatic rings. The summed E-state index contributed by atoms with van der Waals surface area (Å²) in [7, 11) is -3.88. The van der Waals surface area contributed by atoms with Gasteiger partial charge >= 0.3 is 0 Å². The molecule has 1 unspecified atom stereocenters. The highest BCUT2D eigenvalue weighted by Crippen LogP contribution is 2.41. The summed E-state index contributed by atoms with van der Waals surface area (Å²) in [6.45, 7) is 2.08. The third kappa shape index (κ3) is 6.77. The van der Waals surface area contributed by atoms with Gasteiger partial charge in [0, 0.05) is 17.9 Å². The highest BCUT2D eigenvalue weighted by Gasteiger charge is 2.36. The van der Waals surface area contributed by atoms with Crippen LogP contribution < -0.4 is 21.1 Å². The number of anilines is 1. The second kappa shape index (κ2) is 12.0. The molecule has 39 heavy (non-hydrogen) atoms. The molecule has 0 saturated carbocycles. The number of dihydropyridines is 1. The SMILES string of the molecule is CC1=C(C(=O)Nc2ccc(S(N)(=O)=O)cc2)C(c2ccco2)C(C#N)=C(SCC(=O)NCc2ccccc2)N1. The summed E-state index contributed by atoms with van der Waals surface area (Å²) < 4.78 is 28.7. The first-order valence-electron chi connectivity index (χ1n) is 11.7. The second-order valence-corrected chi connectivity index (χ2v) is 11.1. The van der Waals surface area contributed by atoms with Crippen LogP contribution in [0.5, 0.6) is 0 Å².